The van der Waals surface area contributed by atoms with Crippen LogP contribution in [0.4, 0.5) is 0 Å². The van der Waals surface area contributed by atoms with Crippen LogP contribution < -0.4 is 10.6 Å². The Morgan fingerprint density at radius 1 is 1.22 bits per heavy atom. The molecule has 0 radical (unpaired) electrons. The predicted molar refractivity (Wildman–Crippen MR) is 98.9 cm³/mol. The minimum atomic E-state index is 0. The quantitative estimate of drug-likeness (QED) is 0.849. The number of amides is 1. The highest BCUT2D eigenvalue weighted by molar-refractivity contribution is 5.85. The highest BCUT2D eigenvalue weighted by Crippen LogP contribution is 2.32. The van der Waals surface area contributed by atoms with Crippen LogP contribution in [0.25, 0.3) is 0 Å². The maximum Gasteiger partial charge on any atom is 0.220 e. The number of benzene rings is 1. The van der Waals surface area contributed by atoms with Gasteiger partial charge in [-0.25, -0.2) is 0 Å². The lowest BCUT2D eigenvalue weighted by atomic mass is 9.82. The fourth-order valence-electron chi connectivity index (χ4n) is 3.18. The maximum atomic E-state index is 12.4. The molecule has 130 valence electrons. The molecular weight excluding hydrogens is 308 g/mol. The van der Waals surface area contributed by atoms with Crippen molar-refractivity contribution in [1.29, 1.82) is 0 Å². The van der Waals surface area contributed by atoms with E-state index in [-0.39, 0.29) is 29.8 Å². The van der Waals surface area contributed by atoms with Gasteiger partial charge in [0.15, 0.2) is 0 Å². The number of hydrogen-bond acceptors (Lipinski definition) is 2. The average Bonchev–Trinajstić information content (AvgIpc) is 2.51. The molecule has 1 heterocycles. The van der Waals surface area contributed by atoms with Crippen molar-refractivity contribution in [2.45, 2.75) is 52.5 Å². The molecule has 1 aromatic rings. The van der Waals surface area contributed by atoms with Gasteiger partial charge in [0.05, 0.1) is 6.04 Å². The lowest BCUT2D eigenvalue weighted by Gasteiger charge is -2.32. The zero-order valence-electron chi connectivity index (χ0n) is 14.6. The Morgan fingerprint density at radius 3 is 2.39 bits per heavy atom. The third-order valence-electron chi connectivity index (χ3n) is 4.54. The molecule has 23 heavy (non-hydrogen) atoms. The second kappa shape index (κ2) is 9.29. The number of carbonyl (C=O) groups is 1. The summed E-state index contributed by atoms with van der Waals surface area (Å²) in [7, 11) is 0. The Bertz CT molecular complexity index is 464. The lowest BCUT2D eigenvalue weighted by Crippen LogP contribution is -2.37. The summed E-state index contributed by atoms with van der Waals surface area (Å²) in [5, 5.41) is 6.63. The van der Waals surface area contributed by atoms with Crippen molar-refractivity contribution in [3.05, 3.63) is 35.9 Å². The Labute approximate surface area is 147 Å². The minimum absolute atomic E-state index is 0. The summed E-state index contributed by atoms with van der Waals surface area (Å²) in [5.74, 6) is 0.888. The van der Waals surface area contributed by atoms with Gasteiger partial charge in [-0.2, -0.15) is 0 Å². The molecule has 1 aliphatic heterocycles. The van der Waals surface area contributed by atoms with Gasteiger partial charge in [-0.3, -0.25) is 4.79 Å². The van der Waals surface area contributed by atoms with Crippen LogP contribution in [-0.4, -0.2) is 19.0 Å². The largest absolute Gasteiger partial charge is 0.349 e. The van der Waals surface area contributed by atoms with Crippen molar-refractivity contribution in [3.63, 3.8) is 0 Å². The van der Waals surface area contributed by atoms with Crippen molar-refractivity contribution < 1.29 is 4.79 Å². The third-order valence-corrected chi connectivity index (χ3v) is 4.54. The highest BCUT2D eigenvalue weighted by Gasteiger charge is 2.27. The standard InChI is InChI=1S/C19H30N2O.ClH/c1-19(2,3)18(16-7-5-4-6-8-16)21-17(22)10-9-15-11-13-20-14-12-15;/h4-8,15,18,20H,9-14H2,1-3H3,(H,21,22);1H. The van der Waals surface area contributed by atoms with Crippen molar-refractivity contribution >= 4 is 18.3 Å². The molecule has 1 aliphatic rings. The summed E-state index contributed by atoms with van der Waals surface area (Å²) in [4.78, 5) is 12.4. The topological polar surface area (TPSA) is 41.1 Å². The number of carbonyl (C=O) groups excluding carboxylic acids is 1. The Balaban J connectivity index is 0.00000264. The van der Waals surface area contributed by atoms with Gasteiger partial charge in [-0.1, -0.05) is 51.1 Å². The first kappa shape index (κ1) is 20.0. The molecule has 0 saturated carbocycles. The minimum Gasteiger partial charge on any atom is -0.349 e. The van der Waals surface area contributed by atoms with E-state index in [1.165, 1.54) is 18.4 Å². The first-order valence-corrected chi connectivity index (χ1v) is 8.52. The van der Waals surface area contributed by atoms with Gasteiger partial charge in [0.2, 0.25) is 5.91 Å². The van der Waals surface area contributed by atoms with Gasteiger partial charge in [0, 0.05) is 6.42 Å². The van der Waals surface area contributed by atoms with Crippen molar-refractivity contribution in [2.75, 3.05) is 13.1 Å². The first-order chi connectivity index (χ1) is 10.5. The summed E-state index contributed by atoms with van der Waals surface area (Å²) < 4.78 is 0. The maximum absolute atomic E-state index is 12.4. The Kier molecular flexibility index (Phi) is 8.07. The van der Waals surface area contributed by atoms with E-state index in [4.69, 9.17) is 0 Å². The molecule has 1 unspecified atom stereocenters. The first-order valence-electron chi connectivity index (χ1n) is 8.52. The Hall–Kier alpha value is -1.06. The predicted octanol–water partition coefficient (Wildman–Crippen LogP) is 4.09. The van der Waals surface area contributed by atoms with Gasteiger partial charge < -0.3 is 10.6 Å². The van der Waals surface area contributed by atoms with Crippen molar-refractivity contribution in [2.24, 2.45) is 11.3 Å². The van der Waals surface area contributed by atoms with Gasteiger partial charge in [0.25, 0.3) is 0 Å². The number of hydrogen-bond donors (Lipinski definition) is 2. The molecule has 0 aliphatic carbocycles. The molecule has 1 aromatic carbocycles. The van der Waals surface area contributed by atoms with E-state index in [0.717, 1.165) is 19.5 Å². The van der Waals surface area contributed by atoms with E-state index in [0.29, 0.717) is 12.3 Å². The second-order valence-corrected chi connectivity index (χ2v) is 7.51. The number of nitrogens with one attached hydrogen (secondary N) is 2. The molecule has 2 rings (SSSR count). The molecule has 1 saturated heterocycles. The fourth-order valence-corrected chi connectivity index (χ4v) is 3.18. The normalized spacial score (nSPS) is 17.2. The molecule has 1 fully saturated rings. The van der Waals surface area contributed by atoms with Gasteiger partial charge >= 0.3 is 0 Å². The van der Waals surface area contributed by atoms with E-state index in [2.05, 4.69) is 43.5 Å². The van der Waals surface area contributed by atoms with Crippen molar-refractivity contribution in [3.8, 4) is 0 Å². The highest BCUT2D eigenvalue weighted by atomic mass is 35.5. The van der Waals surface area contributed by atoms with Crippen LogP contribution in [0.1, 0.15) is 58.1 Å². The molecule has 4 heteroatoms. The molecule has 1 atom stereocenters. The zero-order valence-corrected chi connectivity index (χ0v) is 15.4. The summed E-state index contributed by atoms with van der Waals surface area (Å²) in [5.41, 5.74) is 1.19. The monoisotopic (exact) mass is 338 g/mol. The number of piperidine rings is 1. The van der Waals surface area contributed by atoms with Gasteiger partial charge in [-0.05, 0) is 49.2 Å². The second-order valence-electron chi connectivity index (χ2n) is 7.51. The zero-order chi connectivity index (χ0) is 16.0. The van der Waals surface area contributed by atoms with Crippen LogP contribution in [0.3, 0.4) is 0 Å². The fraction of sp³-hybridized carbons (Fsp3) is 0.632. The van der Waals surface area contributed by atoms with Crippen molar-refractivity contribution in [1.82, 2.24) is 10.6 Å². The molecule has 0 aromatic heterocycles. The molecule has 3 nitrogen and oxygen atoms in total. The lowest BCUT2D eigenvalue weighted by molar-refractivity contribution is -0.123. The molecule has 0 bridgehead atoms. The molecule has 0 spiro atoms. The summed E-state index contributed by atoms with van der Waals surface area (Å²) in [6.07, 6.45) is 4.06. The Morgan fingerprint density at radius 2 is 1.83 bits per heavy atom. The third kappa shape index (κ3) is 6.52. The summed E-state index contributed by atoms with van der Waals surface area (Å²) in [6, 6.07) is 10.4. The van der Waals surface area contributed by atoms with Crippen LogP contribution >= 0.6 is 12.4 Å². The van der Waals surface area contributed by atoms with Gasteiger partial charge in [-0.15, -0.1) is 12.4 Å². The van der Waals surface area contributed by atoms with Crippen LogP contribution in [0.2, 0.25) is 0 Å². The van der Waals surface area contributed by atoms with Crippen LogP contribution in [0, 0.1) is 11.3 Å². The molecule has 1 amide bonds. The van der Waals surface area contributed by atoms with E-state index >= 15 is 0 Å². The summed E-state index contributed by atoms with van der Waals surface area (Å²) >= 11 is 0. The number of rotatable bonds is 5. The van der Waals surface area contributed by atoms with Crippen LogP contribution in [-0.2, 0) is 4.79 Å². The molecular formula is C19H31ClN2O. The van der Waals surface area contributed by atoms with Gasteiger partial charge in [0.1, 0.15) is 0 Å². The number of halogens is 1. The molecule has 2 N–H and O–H groups in total. The smallest absolute Gasteiger partial charge is 0.220 e. The van der Waals surface area contributed by atoms with E-state index in [9.17, 15) is 4.79 Å². The summed E-state index contributed by atoms with van der Waals surface area (Å²) in [6.45, 7) is 8.73. The van der Waals surface area contributed by atoms with Crippen LogP contribution in [0.5, 0.6) is 0 Å². The average molecular weight is 339 g/mol. The van der Waals surface area contributed by atoms with E-state index in [1.54, 1.807) is 0 Å². The van der Waals surface area contributed by atoms with E-state index < -0.39 is 0 Å². The SMILES string of the molecule is CC(C)(C)C(NC(=O)CCC1CCNCC1)c1ccccc1.Cl. The van der Waals surface area contributed by atoms with E-state index in [1.807, 2.05) is 18.2 Å². The van der Waals surface area contributed by atoms with Crippen LogP contribution in [0.15, 0.2) is 30.3 Å².